The fourth-order valence-corrected chi connectivity index (χ4v) is 2.31. The standard InChI is InChI=1S/C17H18Cl2O/c1-17(2,3)13-5-4-6-15(10-13)20-16-8-7-14(19)9-12(16)11-18/h4-10H,11H2,1-3H3. The van der Waals surface area contributed by atoms with Crippen molar-refractivity contribution in [1.29, 1.82) is 0 Å². The predicted molar refractivity (Wildman–Crippen MR) is 86.2 cm³/mol. The summed E-state index contributed by atoms with van der Waals surface area (Å²) in [7, 11) is 0. The van der Waals surface area contributed by atoms with Crippen LogP contribution in [-0.2, 0) is 11.3 Å². The van der Waals surface area contributed by atoms with Crippen LogP contribution in [0.2, 0.25) is 5.02 Å². The maximum atomic E-state index is 5.97. The van der Waals surface area contributed by atoms with Crippen molar-refractivity contribution in [3.63, 3.8) is 0 Å². The van der Waals surface area contributed by atoms with Crippen LogP contribution in [0.4, 0.5) is 0 Å². The van der Waals surface area contributed by atoms with Crippen molar-refractivity contribution in [3.05, 3.63) is 58.6 Å². The second-order valence-electron chi connectivity index (χ2n) is 5.77. The maximum Gasteiger partial charge on any atom is 0.131 e. The molecule has 2 rings (SSSR count). The Morgan fingerprint density at radius 2 is 1.80 bits per heavy atom. The van der Waals surface area contributed by atoms with Crippen LogP contribution in [0, 0.1) is 0 Å². The Balaban J connectivity index is 2.31. The van der Waals surface area contributed by atoms with Crippen LogP contribution >= 0.6 is 23.2 Å². The van der Waals surface area contributed by atoms with Gasteiger partial charge in [0.1, 0.15) is 11.5 Å². The highest BCUT2D eigenvalue weighted by molar-refractivity contribution is 6.30. The minimum absolute atomic E-state index is 0.0919. The quantitative estimate of drug-likeness (QED) is 0.616. The second kappa shape index (κ2) is 6.07. The molecule has 0 amide bonds. The van der Waals surface area contributed by atoms with E-state index in [9.17, 15) is 0 Å². The molecule has 1 nitrogen and oxygen atoms in total. The van der Waals surface area contributed by atoms with E-state index in [0.29, 0.717) is 10.9 Å². The summed E-state index contributed by atoms with van der Waals surface area (Å²) in [6.07, 6.45) is 0. The molecule has 3 heteroatoms. The first-order chi connectivity index (χ1) is 9.40. The smallest absolute Gasteiger partial charge is 0.131 e. The highest BCUT2D eigenvalue weighted by Crippen LogP contribution is 2.31. The fraction of sp³-hybridized carbons (Fsp3) is 0.294. The summed E-state index contributed by atoms with van der Waals surface area (Å²) in [5.74, 6) is 1.93. The van der Waals surface area contributed by atoms with Gasteiger partial charge in [-0.15, -0.1) is 11.6 Å². The van der Waals surface area contributed by atoms with Crippen molar-refractivity contribution in [2.24, 2.45) is 0 Å². The third kappa shape index (κ3) is 3.68. The van der Waals surface area contributed by atoms with Crippen molar-refractivity contribution in [1.82, 2.24) is 0 Å². The summed E-state index contributed by atoms with van der Waals surface area (Å²) in [4.78, 5) is 0. The van der Waals surface area contributed by atoms with E-state index in [1.807, 2.05) is 24.3 Å². The summed E-state index contributed by atoms with van der Waals surface area (Å²) in [5.41, 5.74) is 2.21. The molecule has 0 aliphatic carbocycles. The molecular formula is C17H18Cl2O. The molecule has 20 heavy (non-hydrogen) atoms. The van der Waals surface area contributed by atoms with Gasteiger partial charge in [0.15, 0.2) is 0 Å². The van der Waals surface area contributed by atoms with E-state index in [1.54, 1.807) is 6.07 Å². The van der Waals surface area contributed by atoms with Gasteiger partial charge in [-0.3, -0.25) is 0 Å². The van der Waals surface area contributed by atoms with Gasteiger partial charge in [-0.2, -0.15) is 0 Å². The number of ether oxygens (including phenoxy) is 1. The molecule has 2 aromatic carbocycles. The predicted octanol–water partition coefficient (Wildman–Crippen LogP) is 6.17. The molecule has 0 saturated carbocycles. The lowest BCUT2D eigenvalue weighted by atomic mass is 9.87. The molecule has 0 atom stereocenters. The third-order valence-corrected chi connectivity index (χ3v) is 3.62. The third-order valence-electron chi connectivity index (χ3n) is 3.09. The summed E-state index contributed by atoms with van der Waals surface area (Å²) >= 11 is 11.9. The highest BCUT2D eigenvalue weighted by Gasteiger charge is 2.14. The zero-order valence-corrected chi connectivity index (χ0v) is 13.4. The van der Waals surface area contributed by atoms with Gasteiger partial charge >= 0.3 is 0 Å². The van der Waals surface area contributed by atoms with Crippen molar-refractivity contribution in [3.8, 4) is 11.5 Å². The number of hydrogen-bond acceptors (Lipinski definition) is 1. The lowest BCUT2D eigenvalue weighted by Gasteiger charge is -2.20. The molecule has 0 radical (unpaired) electrons. The van der Waals surface area contributed by atoms with Crippen molar-refractivity contribution >= 4 is 23.2 Å². The van der Waals surface area contributed by atoms with E-state index in [-0.39, 0.29) is 5.41 Å². The Hall–Kier alpha value is -1.18. The molecule has 0 aliphatic rings. The molecule has 0 fully saturated rings. The summed E-state index contributed by atoms with van der Waals surface area (Å²) in [5, 5.41) is 0.663. The molecule has 0 heterocycles. The van der Waals surface area contributed by atoms with Crippen LogP contribution in [0.3, 0.4) is 0 Å². The van der Waals surface area contributed by atoms with Gasteiger partial charge in [0, 0.05) is 10.6 Å². The molecule has 0 aliphatic heterocycles. The van der Waals surface area contributed by atoms with Crippen LogP contribution in [0.1, 0.15) is 31.9 Å². The average Bonchev–Trinajstić information content (AvgIpc) is 2.40. The first-order valence-electron chi connectivity index (χ1n) is 6.53. The number of benzene rings is 2. The van der Waals surface area contributed by atoms with Crippen LogP contribution in [-0.4, -0.2) is 0 Å². The van der Waals surface area contributed by atoms with E-state index < -0.39 is 0 Å². The van der Waals surface area contributed by atoms with Crippen molar-refractivity contribution in [2.75, 3.05) is 0 Å². The summed E-state index contributed by atoms with van der Waals surface area (Å²) in [6.45, 7) is 6.54. The first kappa shape index (κ1) is 15.2. The molecule has 0 bridgehead atoms. The van der Waals surface area contributed by atoms with E-state index in [1.165, 1.54) is 5.56 Å². The first-order valence-corrected chi connectivity index (χ1v) is 7.44. The van der Waals surface area contributed by atoms with Gasteiger partial charge in [0.2, 0.25) is 0 Å². The van der Waals surface area contributed by atoms with Gasteiger partial charge in [-0.05, 0) is 41.3 Å². The van der Waals surface area contributed by atoms with Crippen molar-refractivity contribution in [2.45, 2.75) is 32.1 Å². The molecule has 0 unspecified atom stereocenters. The molecule has 106 valence electrons. The average molecular weight is 309 g/mol. The molecule has 0 saturated heterocycles. The summed E-state index contributed by atoms with van der Waals surface area (Å²) < 4.78 is 5.95. The number of alkyl halides is 1. The van der Waals surface area contributed by atoms with Gasteiger partial charge in [-0.25, -0.2) is 0 Å². The Kier molecular flexibility index (Phi) is 4.62. The Labute approximate surface area is 130 Å². The number of halogens is 2. The summed E-state index contributed by atoms with van der Waals surface area (Å²) in [6, 6.07) is 13.6. The van der Waals surface area contributed by atoms with Gasteiger partial charge < -0.3 is 4.74 Å². The van der Waals surface area contributed by atoms with Gasteiger partial charge in [0.25, 0.3) is 0 Å². The van der Waals surface area contributed by atoms with E-state index in [4.69, 9.17) is 27.9 Å². The van der Waals surface area contributed by atoms with Gasteiger partial charge in [0.05, 0.1) is 5.88 Å². The molecule has 0 spiro atoms. The zero-order chi connectivity index (χ0) is 14.8. The normalized spacial score (nSPS) is 11.4. The van der Waals surface area contributed by atoms with Crippen LogP contribution in [0.15, 0.2) is 42.5 Å². The molecule has 0 aromatic heterocycles. The lowest BCUT2D eigenvalue weighted by molar-refractivity contribution is 0.474. The van der Waals surface area contributed by atoms with E-state index in [0.717, 1.165) is 17.1 Å². The minimum atomic E-state index is 0.0919. The Morgan fingerprint density at radius 1 is 1.05 bits per heavy atom. The Bertz CT molecular complexity index is 600. The Morgan fingerprint density at radius 3 is 2.45 bits per heavy atom. The van der Waals surface area contributed by atoms with E-state index in [2.05, 4.69) is 32.9 Å². The molecule has 0 N–H and O–H groups in total. The van der Waals surface area contributed by atoms with Crippen LogP contribution in [0.25, 0.3) is 0 Å². The van der Waals surface area contributed by atoms with Crippen LogP contribution < -0.4 is 4.74 Å². The maximum absolute atomic E-state index is 5.97. The van der Waals surface area contributed by atoms with Crippen molar-refractivity contribution < 1.29 is 4.74 Å². The number of hydrogen-bond donors (Lipinski definition) is 0. The number of rotatable bonds is 3. The second-order valence-corrected chi connectivity index (χ2v) is 6.47. The lowest BCUT2D eigenvalue weighted by Crippen LogP contribution is -2.10. The molecule has 2 aromatic rings. The zero-order valence-electron chi connectivity index (χ0n) is 11.9. The van der Waals surface area contributed by atoms with Crippen LogP contribution in [0.5, 0.6) is 11.5 Å². The highest BCUT2D eigenvalue weighted by atomic mass is 35.5. The minimum Gasteiger partial charge on any atom is -0.457 e. The SMILES string of the molecule is CC(C)(C)c1cccc(Oc2ccc(Cl)cc2CCl)c1. The van der Waals surface area contributed by atoms with E-state index >= 15 is 0 Å². The monoisotopic (exact) mass is 308 g/mol. The fourth-order valence-electron chi connectivity index (χ4n) is 1.91. The van der Waals surface area contributed by atoms with Gasteiger partial charge in [-0.1, -0.05) is 44.5 Å². The largest absolute Gasteiger partial charge is 0.457 e. The molecular weight excluding hydrogens is 291 g/mol. The topological polar surface area (TPSA) is 9.23 Å².